The van der Waals surface area contributed by atoms with Crippen LogP contribution in [0.2, 0.25) is 0 Å². The average molecular weight is 398 g/mol. The second-order valence-electron chi connectivity index (χ2n) is 6.59. The molecule has 0 saturated carbocycles. The number of hydrogen-bond donors (Lipinski definition) is 4. The average Bonchev–Trinajstić information content (AvgIpc) is 2.72. The minimum Gasteiger partial charge on any atom is -0.497 e. The first kappa shape index (κ1) is 21.7. The number of rotatable bonds is 8. The maximum absolute atomic E-state index is 12.3. The zero-order valence-corrected chi connectivity index (χ0v) is 16.7. The number of nitrogens with one attached hydrogen (secondary N) is 4. The predicted molar refractivity (Wildman–Crippen MR) is 112 cm³/mol. The van der Waals surface area contributed by atoms with Gasteiger partial charge >= 0.3 is 6.03 Å². The topological polar surface area (TPSA) is 109 Å². The van der Waals surface area contributed by atoms with Crippen molar-refractivity contribution in [2.45, 2.75) is 13.8 Å². The summed E-state index contributed by atoms with van der Waals surface area (Å²) in [6.07, 6.45) is 0. The van der Waals surface area contributed by atoms with Crippen LogP contribution in [0.5, 0.6) is 5.75 Å². The summed E-state index contributed by atoms with van der Waals surface area (Å²) in [6, 6.07) is 13.2. The van der Waals surface area contributed by atoms with Crippen molar-refractivity contribution in [3.8, 4) is 5.75 Å². The summed E-state index contributed by atoms with van der Waals surface area (Å²) in [4.78, 5) is 35.6. The van der Waals surface area contributed by atoms with Gasteiger partial charge in [-0.05, 0) is 48.5 Å². The van der Waals surface area contributed by atoms with Gasteiger partial charge in [-0.15, -0.1) is 0 Å². The molecular formula is C21H26N4O4. The molecule has 0 aliphatic rings. The molecule has 0 atom stereocenters. The van der Waals surface area contributed by atoms with Crippen LogP contribution in [0.3, 0.4) is 0 Å². The molecule has 2 aromatic rings. The second-order valence-corrected chi connectivity index (χ2v) is 6.59. The Hall–Kier alpha value is -3.55. The summed E-state index contributed by atoms with van der Waals surface area (Å²) in [6.45, 7) is 4.27. The molecule has 0 spiro atoms. The number of hydrogen-bond acceptors (Lipinski definition) is 4. The molecule has 0 radical (unpaired) electrons. The lowest BCUT2D eigenvalue weighted by atomic mass is 10.2. The van der Waals surface area contributed by atoms with E-state index in [2.05, 4.69) is 21.3 Å². The number of urea groups is 1. The van der Waals surface area contributed by atoms with Crippen molar-refractivity contribution in [3.63, 3.8) is 0 Å². The van der Waals surface area contributed by atoms with Crippen molar-refractivity contribution < 1.29 is 19.1 Å². The normalized spacial score (nSPS) is 10.2. The Morgan fingerprint density at radius 2 is 1.38 bits per heavy atom. The van der Waals surface area contributed by atoms with Gasteiger partial charge in [0.2, 0.25) is 5.91 Å². The monoisotopic (exact) mass is 398 g/mol. The van der Waals surface area contributed by atoms with Gasteiger partial charge in [0.25, 0.3) is 5.91 Å². The standard InChI is InChI=1S/C21H26N4O4/c1-14(2)19(26)22-12-13-23-21(28)25-17-6-4-15(5-7-17)20(27)24-16-8-10-18(29-3)11-9-16/h4-11,14H,12-13H2,1-3H3,(H,22,26)(H,24,27)(H2,23,25,28). The Balaban J connectivity index is 1.79. The lowest BCUT2D eigenvalue weighted by Crippen LogP contribution is -2.38. The molecule has 0 heterocycles. The number of ether oxygens (including phenoxy) is 1. The third-order valence-corrected chi connectivity index (χ3v) is 3.99. The quantitative estimate of drug-likeness (QED) is 0.513. The molecule has 0 aromatic heterocycles. The summed E-state index contributed by atoms with van der Waals surface area (Å²) in [5.41, 5.74) is 1.67. The minimum atomic E-state index is -0.390. The first-order valence-corrected chi connectivity index (χ1v) is 9.27. The molecule has 4 N–H and O–H groups in total. The molecule has 0 aliphatic carbocycles. The third kappa shape index (κ3) is 7.17. The SMILES string of the molecule is COc1ccc(NC(=O)c2ccc(NC(=O)NCCNC(=O)C(C)C)cc2)cc1. The predicted octanol–water partition coefficient (Wildman–Crippen LogP) is 2.84. The van der Waals surface area contributed by atoms with E-state index in [1.165, 1.54) is 0 Å². The highest BCUT2D eigenvalue weighted by molar-refractivity contribution is 6.04. The summed E-state index contributed by atoms with van der Waals surface area (Å²) >= 11 is 0. The fourth-order valence-corrected chi connectivity index (χ4v) is 2.32. The molecule has 8 nitrogen and oxygen atoms in total. The summed E-state index contributed by atoms with van der Waals surface area (Å²) < 4.78 is 5.08. The highest BCUT2D eigenvalue weighted by atomic mass is 16.5. The van der Waals surface area contributed by atoms with Crippen LogP contribution in [0.1, 0.15) is 24.2 Å². The number of amides is 4. The van der Waals surface area contributed by atoms with E-state index < -0.39 is 0 Å². The van der Waals surface area contributed by atoms with Gasteiger partial charge in [-0.1, -0.05) is 13.8 Å². The van der Waals surface area contributed by atoms with Gasteiger partial charge in [-0.2, -0.15) is 0 Å². The Bertz CT molecular complexity index is 833. The summed E-state index contributed by atoms with van der Waals surface area (Å²) in [7, 11) is 1.58. The van der Waals surface area contributed by atoms with Gasteiger partial charge in [0.1, 0.15) is 5.75 Å². The second kappa shape index (κ2) is 10.7. The van der Waals surface area contributed by atoms with Crippen LogP contribution in [0.15, 0.2) is 48.5 Å². The van der Waals surface area contributed by atoms with E-state index in [1.54, 1.807) is 69.5 Å². The van der Waals surface area contributed by atoms with Crippen molar-refractivity contribution in [2.24, 2.45) is 5.92 Å². The fourth-order valence-electron chi connectivity index (χ4n) is 2.32. The molecular weight excluding hydrogens is 372 g/mol. The first-order valence-electron chi connectivity index (χ1n) is 9.27. The first-order chi connectivity index (χ1) is 13.9. The van der Waals surface area contributed by atoms with Gasteiger partial charge in [0, 0.05) is 35.9 Å². The smallest absolute Gasteiger partial charge is 0.319 e. The van der Waals surface area contributed by atoms with E-state index >= 15 is 0 Å². The zero-order valence-electron chi connectivity index (χ0n) is 16.7. The minimum absolute atomic E-state index is 0.0595. The molecule has 29 heavy (non-hydrogen) atoms. The van der Waals surface area contributed by atoms with E-state index in [4.69, 9.17) is 4.74 Å². The largest absolute Gasteiger partial charge is 0.497 e. The van der Waals surface area contributed by atoms with Gasteiger partial charge in [0.15, 0.2) is 0 Å². The lowest BCUT2D eigenvalue weighted by molar-refractivity contribution is -0.123. The van der Waals surface area contributed by atoms with Crippen LogP contribution in [0.4, 0.5) is 16.2 Å². The molecule has 2 aromatic carbocycles. The Labute approximate surface area is 170 Å². The molecule has 0 aliphatic heterocycles. The van der Waals surface area contributed by atoms with E-state index in [1.807, 2.05) is 0 Å². The highest BCUT2D eigenvalue weighted by Gasteiger charge is 2.08. The van der Waals surface area contributed by atoms with Crippen LogP contribution in [0, 0.1) is 5.92 Å². The van der Waals surface area contributed by atoms with Gasteiger partial charge < -0.3 is 26.0 Å². The molecule has 0 saturated heterocycles. The van der Waals surface area contributed by atoms with Crippen LogP contribution >= 0.6 is 0 Å². The van der Waals surface area contributed by atoms with Crippen molar-refractivity contribution in [2.75, 3.05) is 30.8 Å². The van der Waals surface area contributed by atoms with Gasteiger partial charge in [0.05, 0.1) is 7.11 Å². The lowest BCUT2D eigenvalue weighted by Gasteiger charge is -2.10. The Morgan fingerprint density at radius 3 is 1.97 bits per heavy atom. The highest BCUT2D eigenvalue weighted by Crippen LogP contribution is 2.16. The van der Waals surface area contributed by atoms with Crippen molar-refractivity contribution in [3.05, 3.63) is 54.1 Å². The molecule has 4 amide bonds. The summed E-state index contributed by atoms with van der Waals surface area (Å²) in [5.74, 6) is 0.297. The number of carbonyl (C=O) groups is 3. The number of carbonyl (C=O) groups excluding carboxylic acids is 3. The van der Waals surface area contributed by atoms with Crippen molar-refractivity contribution in [1.82, 2.24) is 10.6 Å². The molecule has 154 valence electrons. The van der Waals surface area contributed by atoms with Gasteiger partial charge in [-0.25, -0.2) is 4.79 Å². The van der Waals surface area contributed by atoms with Crippen LogP contribution in [-0.4, -0.2) is 38.0 Å². The van der Waals surface area contributed by atoms with Gasteiger partial charge in [-0.3, -0.25) is 9.59 Å². The Morgan fingerprint density at radius 1 is 0.828 bits per heavy atom. The molecule has 2 rings (SSSR count). The van der Waals surface area contributed by atoms with Crippen molar-refractivity contribution in [1.29, 1.82) is 0 Å². The molecule has 8 heteroatoms. The fraction of sp³-hybridized carbons (Fsp3) is 0.286. The van der Waals surface area contributed by atoms with E-state index in [9.17, 15) is 14.4 Å². The maximum Gasteiger partial charge on any atom is 0.319 e. The van der Waals surface area contributed by atoms with E-state index in [0.29, 0.717) is 35.8 Å². The third-order valence-electron chi connectivity index (χ3n) is 3.99. The maximum atomic E-state index is 12.3. The van der Waals surface area contributed by atoms with E-state index in [-0.39, 0.29) is 23.8 Å². The van der Waals surface area contributed by atoms with Crippen molar-refractivity contribution >= 4 is 29.2 Å². The molecule has 0 unspecified atom stereocenters. The van der Waals surface area contributed by atoms with Crippen LogP contribution in [0.25, 0.3) is 0 Å². The number of anilines is 2. The van der Waals surface area contributed by atoms with Crippen LogP contribution < -0.4 is 26.0 Å². The Kier molecular flexibility index (Phi) is 8.02. The zero-order chi connectivity index (χ0) is 21.2. The molecule has 0 fully saturated rings. The molecule has 0 bridgehead atoms. The number of methoxy groups -OCH3 is 1. The number of benzene rings is 2. The van der Waals surface area contributed by atoms with E-state index in [0.717, 1.165) is 0 Å². The van der Waals surface area contributed by atoms with Crippen LogP contribution in [-0.2, 0) is 4.79 Å². The summed E-state index contributed by atoms with van der Waals surface area (Å²) in [5, 5.41) is 10.8.